The minimum absolute atomic E-state index is 0.0113. The number of ether oxygens (including phenoxy) is 2. The molecule has 0 spiro atoms. The van der Waals surface area contributed by atoms with Crippen molar-refractivity contribution in [1.29, 1.82) is 0 Å². The Balaban J connectivity index is 0.960. The summed E-state index contributed by atoms with van der Waals surface area (Å²) in [4.78, 5) is 46.1. The Morgan fingerprint density at radius 3 is 2.09 bits per heavy atom. The average Bonchev–Trinajstić information content (AvgIpc) is 3.69. The third kappa shape index (κ3) is 8.12. The van der Waals surface area contributed by atoms with Crippen LogP contribution in [-0.2, 0) is 42.7 Å². The maximum absolute atomic E-state index is 13.3. The predicted molar refractivity (Wildman–Crippen MR) is 216 cm³/mol. The van der Waals surface area contributed by atoms with E-state index in [1.807, 2.05) is 66.0 Å². The number of thioether (sulfide) groups is 1. The smallest absolute Gasteiger partial charge is 0.355 e. The van der Waals surface area contributed by atoms with Crippen LogP contribution in [0.5, 0.6) is 5.75 Å². The fourth-order valence-electron chi connectivity index (χ4n) is 6.58. The molecule has 5 aromatic rings. The first-order valence-corrected chi connectivity index (χ1v) is 19.9. The number of esters is 1. The van der Waals surface area contributed by atoms with E-state index in [1.165, 1.54) is 16.7 Å². The number of carbonyl (C=O) groups excluding carboxylic acids is 3. The van der Waals surface area contributed by atoms with E-state index in [2.05, 4.69) is 52.2 Å². The average molecular weight is 793 g/mol. The van der Waals surface area contributed by atoms with E-state index in [0.29, 0.717) is 17.1 Å². The van der Waals surface area contributed by atoms with Crippen molar-refractivity contribution in [2.24, 2.45) is 5.16 Å². The third-order valence-corrected chi connectivity index (χ3v) is 11.8. The molecule has 13 heteroatoms. The first kappa shape index (κ1) is 37.7. The van der Waals surface area contributed by atoms with E-state index < -0.39 is 34.7 Å². The van der Waals surface area contributed by atoms with Crippen LogP contribution >= 0.6 is 34.7 Å². The Labute approximate surface area is 332 Å². The molecule has 2 atom stereocenters. The number of fused-ring (bicyclic) bond motifs is 1. The molecule has 1 saturated heterocycles. The van der Waals surface area contributed by atoms with Gasteiger partial charge in [-0.25, -0.2) is 4.79 Å². The molecule has 0 bridgehead atoms. The minimum atomic E-state index is -0.852. The number of carbonyl (C=O) groups is 3. The highest BCUT2D eigenvalue weighted by Crippen LogP contribution is 2.42. The lowest BCUT2D eigenvalue weighted by molar-refractivity contribution is -0.153. The molecule has 3 heterocycles. The zero-order chi connectivity index (χ0) is 38.2. The number of hydrogen-bond acceptors (Lipinski definition) is 10. The first-order valence-electron chi connectivity index (χ1n) is 17.4. The SMILES string of the molecule is COc1ccc(COC(=O)C2=C(CCl)CSC3C(NC(=O)/C=N\OCc4csc(NC(c5ccccc5)(c5ccccc5)c5ccccc5)c4)C(=O)N23)cc1. The van der Waals surface area contributed by atoms with Crippen molar-refractivity contribution < 1.29 is 28.7 Å². The number of thiophene rings is 1. The van der Waals surface area contributed by atoms with Crippen LogP contribution in [0.15, 0.2) is 143 Å². The van der Waals surface area contributed by atoms with E-state index >= 15 is 0 Å². The Morgan fingerprint density at radius 2 is 1.51 bits per heavy atom. The van der Waals surface area contributed by atoms with Gasteiger partial charge in [0.05, 0.1) is 12.1 Å². The summed E-state index contributed by atoms with van der Waals surface area (Å²) in [6.07, 6.45) is 1.00. The number of amides is 2. The Morgan fingerprint density at radius 1 is 0.891 bits per heavy atom. The van der Waals surface area contributed by atoms with Gasteiger partial charge >= 0.3 is 5.97 Å². The van der Waals surface area contributed by atoms with E-state index in [1.54, 1.807) is 42.7 Å². The van der Waals surface area contributed by atoms with Crippen LogP contribution in [-0.4, -0.2) is 59.1 Å². The van der Waals surface area contributed by atoms with Gasteiger partial charge in [0.25, 0.3) is 11.8 Å². The molecule has 2 aliphatic heterocycles. The van der Waals surface area contributed by atoms with Crippen LogP contribution in [0, 0.1) is 0 Å². The summed E-state index contributed by atoms with van der Waals surface area (Å²) in [5, 5.41) is 12.8. The number of benzene rings is 4. The summed E-state index contributed by atoms with van der Waals surface area (Å²) < 4.78 is 10.7. The number of nitrogens with zero attached hydrogens (tertiary/aromatic N) is 2. The summed E-state index contributed by atoms with van der Waals surface area (Å²) in [5.74, 6) is -0.524. The van der Waals surface area contributed by atoms with Gasteiger partial charge in [-0.05, 0) is 51.4 Å². The lowest BCUT2D eigenvalue weighted by atomic mass is 9.77. The highest BCUT2D eigenvalue weighted by molar-refractivity contribution is 8.00. The van der Waals surface area contributed by atoms with Gasteiger partial charge in [0.2, 0.25) is 0 Å². The summed E-state index contributed by atoms with van der Waals surface area (Å²) in [6, 6.07) is 39.3. The molecule has 55 heavy (non-hydrogen) atoms. The molecule has 1 fully saturated rings. The van der Waals surface area contributed by atoms with Gasteiger partial charge in [0.1, 0.15) is 47.8 Å². The topological polar surface area (TPSA) is 119 Å². The summed E-state index contributed by atoms with van der Waals surface area (Å²) >= 11 is 9.12. The molecule has 2 N–H and O–H groups in total. The third-order valence-electron chi connectivity index (χ3n) is 9.29. The molecule has 0 saturated carbocycles. The fourth-order valence-corrected chi connectivity index (χ4v) is 9.11. The van der Waals surface area contributed by atoms with Crippen molar-refractivity contribution >= 4 is 63.7 Å². The minimum Gasteiger partial charge on any atom is -0.497 e. The standard InChI is InChI=1S/C42H37ClN4O6S2/c1-51-34-19-17-28(18-20-34)24-52-41(50)38-30(22-43)27-55-40-37(39(49)47(38)40)45-35(48)23-44-53-25-29-21-36(54-26-29)46-42(31-11-5-2-6-12-31,32-13-7-3-8-14-32)33-15-9-4-10-16-33/h2-21,23,26,37,40,46H,22,24-25,27H2,1H3,(H,45,48)/b44-23-. The molecule has 280 valence electrons. The van der Waals surface area contributed by atoms with Gasteiger partial charge in [-0.1, -0.05) is 108 Å². The number of β-lactam (4-membered cyclic amide) rings is 1. The van der Waals surface area contributed by atoms with Crippen LogP contribution in [0.25, 0.3) is 0 Å². The van der Waals surface area contributed by atoms with Gasteiger partial charge in [-0.2, -0.15) is 0 Å². The lowest BCUT2D eigenvalue weighted by Crippen LogP contribution is -2.70. The molecular formula is C42H37ClN4O6S2. The van der Waals surface area contributed by atoms with Crippen molar-refractivity contribution in [1.82, 2.24) is 10.2 Å². The Hall–Kier alpha value is -5.56. The zero-order valence-corrected chi connectivity index (χ0v) is 32.1. The van der Waals surface area contributed by atoms with E-state index in [0.717, 1.165) is 39.0 Å². The quantitative estimate of drug-likeness (QED) is 0.0283. The van der Waals surface area contributed by atoms with Crippen molar-refractivity contribution in [3.05, 3.63) is 166 Å². The van der Waals surface area contributed by atoms with E-state index in [-0.39, 0.29) is 24.8 Å². The van der Waals surface area contributed by atoms with Crippen LogP contribution in [0.3, 0.4) is 0 Å². The van der Waals surface area contributed by atoms with Gasteiger partial charge in [0, 0.05) is 17.2 Å². The zero-order valence-electron chi connectivity index (χ0n) is 29.7. The number of anilines is 1. The van der Waals surface area contributed by atoms with E-state index in [4.69, 9.17) is 25.9 Å². The highest BCUT2D eigenvalue weighted by atomic mass is 35.5. The molecular weight excluding hydrogens is 756 g/mol. The van der Waals surface area contributed by atoms with E-state index in [9.17, 15) is 14.4 Å². The lowest BCUT2D eigenvalue weighted by Gasteiger charge is -2.49. The molecule has 2 amide bonds. The maximum Gasteiger partial charge on any atom is 0.355 e. The van der Waals surface area contributed by atoms with Crippen molar-refractivity contribution in [2.45, 2.75) is 30.2 Å². The fraction of sp³-hybridized carbons (Fsp3) is 0.190. The van der Waals surface area contributed by atoms with Gasteiger partial charge < -0.3 is 24.9 Å². The summed E-state index contributed by atoms with van der Waals surface area (Å²) in [5.41, 5.74) is 4.93. The molecule has 4 aromatic carbocycles. The van der Waals surface area contributed by atoms with Crippen LogP contribution in [0.4, 0.5) is 5.00 Å². The molecule has 1 aromatic heterocycles. The molecule has 2 aliphatic rings. The van der Waals surface area contributed by atoms with Gasteiger partial charge in [0.15, 0.2) is 0 Å². The summed E-state index contributed by atoms with van der Waals surface area (Å²) in [7, 11) is 1.57. The van der Waals surface area contributed by atoms with Gasteiger partial charge in [-0.15, -0.1) is 34.7 Å². The van der Waals surface area contributed by atoms with Crippen LogP contribution in [0.2, 0.25) is 0 Å². The number of oxime groups is 1. The second kappa shape index (κ2) is 17.3. The molecule has 7 rings (SSSR count). The molecule has 2 unspecified atom stereocenters. The second-order valence-corrected chi connectivity index (χ2v) is 15.0. The second-order valence-electron chi connectivity index (χ2n) is 12.7. The Kier molecular flexibility index (Phi) is 11.9. The highest BCUT2D eigenvalue weighted by Gasteiger charge is 2.54. The monoisotopic (exact) mass is 792 g/mol. The first-order chi connectivity index (χ1) is 26.9. The van der Waals surface area contributed by atoms with Crippen molar-refractivity contribution in [2.75, 3.05) is 24.1 Å². The van der Waals surface area contributed by atoms with Crippen LogP contribution in [0.1, 0.15) is 27.8 Å². The number of hydrogen-bond donors (Lipinski definition) is 2. The van der Waals surface area contributed by atoms with Crippen molar-refractivity contribution in [3.63, 3.8) is 0 Å². The molecule has 0 aliphatic carbocycles. The van der Waals surface area contributed by atoms with Crippen molar-refractivity contribution in [3.8, 4) is 5.75 Å². The Bertz CT molecular complexity index is 2090. The number of rotatable bonds is 15. The largest absolute Gasteiger partial charge is 0.497 e. The normalized spacial score (nSPS) is 16.6. The molecule has 0 radical (unpaired) electrons. The van der Waals surface area contributed by atoms with Gasteiger partial charge in [-0.3, -0.25) is 14.5 Å². The predicted octanol–water partition coefficient (Wildman–Crippen LogP) is 7.30. The molecule has 10 nitrogen and oxygen atoms in total. The van der Waals surface area contributed by atoms with Crippen LogP contribution < -0.4 is 15.4 Å². The summed E-state index contributed by atoms with van der Waals surface area (Å²) in [6.45, 7) is 0.136. The number of methoxy groups -OCH3 is 1. The maximum atomic E-state index is 13.3. The number of halogens is 1. The number of nitrogens with one attached hydrogen (secondary N) is 2. The number of alkyl halides is 1.